The van der Waals surface area contributed by atoms with Crippen molar-refractivity contribution < 1.29 is 13.6 Å². The number of furan rings is 1. The molecule has 0 aliphatic heterocycles. The van der Waals surface area contributed by atoms with E-state index in [9.17, 15) is 9.18 Å². The minimum absolute atomic E-state index is 0.0599. The lowest BCUT2D eigenvalue weighted by Gasteiger charge is -2.05. The van der Waals surface area contributed by atoms with E-state index in [2.05, 4.69) is 17.6 Å². The molecule has 0 spiro atoms. The smallest absolute Gasteiger partial charge is 0.224 e. The summed E-state index contributed by atoms with van der Waals surface area (Å²) >= 11 is 0. The van der Waals surface area contributed by atoms with Gasteiger partial charge in [-0.05, 0) is 25.1 Å². The van der Waals surface area contributed by atoms with Crippen LogP contribution in [-0.2, 0) is 11.2 Å². The lowest BCUT2D eigenvalue weighted by atomic mass is 10.1. The fourth-order valence-corrected chi connectivity index (χ4v) is 2.02. The quantitative estimate of drug-likeness (QED) is 0.764. The molecule has 108 valence electrons. The largest absolute Gasteiger partial charge is 0.464 e. The van der Waals surface area contributed by atoms with Crippen molar-refractivity contribution in [1.29, 1.82) is 0 Å². The van der Waals surface area contributed by atoms with E-state index in [1.165, 1.54) is 18.4 Å². The molecule has 1 aromatic carbocycles. The summed E-state index contributed by atoms with van der Waals surface area (Å²) in [6.45, 7) is 4.41. The first-order chi connectivity index (χ1) is 9.70. The van der Waals surface area contributed by atoms with Crippen molar-refractivity contribution in [1.82, 2.24) is 10.6 Å². The van der Waals surface area contributed by atoms with Crippen LogP contribution in [0.4, 0.5) is 4.39 Å². The van der Waals surface area contributed by atoms with Crippen LogP contribution >= 0.6 is 0 Å². The molecule has 20 heavy (non-hydrogen) atoms. The van der Waals surface area contributed by atoms with E-state index in [0.29, 0.717) is 12.1 Å². The molecule has 0 atom stereocenters. The van der Waals surface area contributed by atoms with Gasteiger partial charge in [0.05, 0.1) is 12.7 Å². The lowest BCUT2D eigenvalue weighted by Crippen LogP contribution is -2.32. The van der Waals surface area contributed by atoms with Crippen molar-refractivity contribution >= 4 is 16.9 Å². The van der Waals surface area contributed by atoms with Crippen molar-refractivity contribution in [2.75, 3.05) is 19.6 Å². The van der Waals surface area contributed by atoms with Crippen molar-refractivity contribution in [2.45, 2.75) is 19.8 Å². The van der Waals surface area contributed by atoms with Gasteiger partial charge in [0.1, 0.15) is 11.4 Å². The second-order valence-corrected chi connectivity index (χ2v) is 4.68. The van der Waals surface area contributed by atoms with Gasteiger partial charge in [-0.1, -0.05) is 6.92 Å². The number of carbonyl (C=O) groups is 1. The highest BCUT2D eigenvalue weighted by Crippen LogP contribution is 2.22. The predicted octanol–water partition coefficient (Wildman–Crippen LogP) is 2.23. The number of rotatable bonds is 7. The maximum atomic E-state index is 13.0. The summed E-state index contributed by atoms with van der Waals surface area (Å²) in [5.74, 6) is -0.403. The highest BCUT2D eigenvalue weighted by Gasteiger charge is 2.10. The zero-order valence-corrected chi connectivity index (χ0v) is 11.5. The van der Waals surface area contributed by atoms with E-state index in [0.717, 1.165) is 30.5 Å². The molecule has 0 saturated heterocycles. The predicted molar refractivity (Wildman–Crippen MR) is 76.0 cm³/mol. The van der Waals surface area contributed by atoms with Crippen molar-refractivity contribution in [3.8, 4) is 0 Å². The van der Waals surface area contributed by atoms with Crippen LogP contribution < -0.4 is 10.6 Å². The van der Waals surface area contributed by atoms with Crippen LogP contribution in [0.2, 0.25) is 0 Å². The fourth-order valence-electron chi connectivity index (χ4n) is 2.02. The highest BCUT2D eigenvalue weighted by molar-refractivity contribution is 5.87. The van der Waals surface area contributed by atoms with E-state index in [-0.39, 0.29) is 18.1 Å². The molecule has 0 fully saturated rings. The number of halogens is 1. The number of hydrogen-bond acceptors (Lipinski definition) is 3. The molecule has 0 bridgehead atoms. The van der Waals surface area contributed by atoms with Gasteiger partial charge >= 0.3 is 0 Å². The van der Waals surface area contributed by atoms with Crippen molar-refractivity contribution in [2.24, 2.45) is 0 Å². The summed E-state index contributed by atoms with van der Waals surface area (Å²) in [6.07, 6.45) is 2.83. The Hall–Kier alpha value is -1.88. The molecule has 4 nitrogen and oxygen atoms in total. The molecule has 2 rings (SSSR count). The Bertz CT molecular complexity index is 580. The first kappa shape index (κ1) is 14.5. The lowest BCUT2D eigenvalue weighted by molar-refractivity contribution is -0.120. The number of carbonyl (C=O) groups excluding carboxylic acids is 1. The molecule has 0 aliphatic rings. The Morgan fingerprint density at radius 3 is 2.95 bits per heavy atom. The minimum atomic E-state index is -0.343. The van der Waals surface area contributed by atoms with Gasteiger partial charge in [-0.25, -0.2) is 4.39 Å². The van der Waals surface area contributed by atoms with E-state index in [4.69, 9.17) is 4.42 Å². The normalized spacial score (nSPS) is 10.9. The van der Waals surface area contributed by atoms with Crippen LogP contribution in [0.1, 0.15) is 18.9 Å². The average molecular weight is 278 g/mol. The molecule has 0 aliphatic carbocycles. The fraction of sp³-hybridized carbons (Fsp3) is 0.400. The summed E-state index contributed by atoms with van der Waals surface area (Å²) in [7, 11) is 0. The summed E-state index contributed by atoms with van der Waals surface area (Å²) in [4.78, 5) is 11.8. The van der Waals surface area contributed by atoms with E-state index in [1.54, 1.807) is 6.07 Å². The Balaban J connectivity index is 1.87. The maximum absolute atomic E-state index is 13.0. The summed E-state index contributed by atoms with van der Waals surface area (Å²) in [5.41, 5.74) is 1.25. The number of benzene rings is 1. The molecule has 1 amide bonds. The Kier molecular flexibility index (Phi) is 5.12. The first-order valence-electron chi connectivity index (χ1n) is 6.83. The van der Waals surface area contributed by atoms with Gasteiger partial charge in [0.25, 0.3) is 0 Å². The number of nitrogens with one attached hydrogen (secondary N) is 2. The molecular formula is C15H19FN2O2. The van der Waals surface area contributed by atoms with Crippen LogP contribution in [0, 0.1) is 5.82 Å². The topological polar surface area (TPSA) is 54.3 Å². The van der Waals surface area contributed by atoms with Gasteiger partial charge in [-0.3, -0.25) is 4.79 Å². The van der Waals surface area contributed by atoms with Crippen LogP contribution in [0.3, 0.4) is 0 Å². The molecule has 0 unspecified atom stereocenters. The monoisotopic (exact) mass is 278 g/mol. The SMILES string of the molecule is CCCNCCNC(=O)Cc1coc2cc(F)ccc12. The van der Waals surface area contributed by atoms with Gasteiger partial charge in [0.15, 0.2) is 0 Å². The molecule has 0 radical (unpaired) electrons. The van der Waals surface area contributed by atoms with E-state index >= 15 is 0 Å². The summed E-state index contributed by atoms with van der Waals surface area (Å²) < 4.78 is 18.3. The van der Waals surface area contributed by atoms with Gasteiger partial charge in [-0.15, -0.1) is 0 Å². The van der Waals surface area contributed by atoms with Crippen LogP contribution in [-0.4, -0.2) is 25.5 Å². The zero-order valence-electron chi connectivity index (χ0n) is 11.5. The second-order valence-electron chi connectivity index (χ2n) is 4.68. The van der Waals surface area contributed by atoms with Gasteiger partial charge in [0, 0.05) is 30.1 Å². The Morgan fingerprint density at radius 1 is 1.30 bits per heavy atom. The summed E-state index contributed by atoms with van der Waals surface area (Å²) in [5, 5.41) is 6.83. The highest BCUT2D eigenvalue weighted by atomic mass is 19.1. The number of hydrogen-bond donors (Lipinski definition) is 2. The third kappa shape index (κ3) is 3.81. The number of fused-ring (bicyclic) bond motifs is 1. The van der Waals surface area contributed by atoms with Crippen molar-refractivity contribution in [3.05, 3.63) is 35.8 Å². The van der Waals surface area contributed by atoms with E-state index in [1.807, 2.05) is 0 Å². The van der Waals surface area contributed by atoms with Crippen LogP contribution in [0.25, 0.3) is 11.0 Å². The molecule has 0 saturated carbocycles. The molecule has 5 heteroatoms. The minimum Gasteiger partial charge on any atom is -0.464 e. The number of amides is 1. The van der Waals surface area contributed by atoms with Crippen molar-refractivity contribution in [3.63, 3.8) is 0 Å². The zero-order chi connectivity index (χ0) is 14.4. The van der Waals surface area contributed by atoms with E-state index < -0.39 is 0 Å². The maximum Gasteiger partial charge on any atom is 0.224 e. The molecule has 1 heterocycles. The molecule has 2 aromatic rings. The molecular weight excluding hydrogens is 259 g/mol. The van der Waals surface area contributed by atoms with Crippen LogP contribution in [0.15, 0.2) is 28.9 Å². The van der Waals surface area contributed by atoms with Gasteiger partial charge in [0.2, 0.25) is 5.91 Å². The first-order valence-corrected chi connectivity index (χ1v) is 6.83. The third-order valence-corrected chi connectivity index (χ3v) is 3.02. The van der Waals surface area contributed by atoms with Gasteiger partial charge in [-0.2, -0.15) is 0 Å². The van der Waals surface area contributed by atoms with Crippen LogP contribution in [0.5, 0.6) is 0 Å². The second kappa shape index (κ2) is 7.05. The Morgan fingerprint density at radius 2 is 2.15 bits per heavy atom. The molecule has 2 N–H and O–H groups in total. The standard InChI is InChI=1S/C15H19FN2O2/c1-2-5-17-6-7-18-15(19)8-11-10-20-14-9-12(16)3-4-13(11)14/h3-4,9-10,17H,2,5-8H2,1H3,(H,18,19). The molecule has 1 aromatic heterocycles. The summed E-state index contributed by atoms with van der Waals surface area (Å²) in [6, 6.07) is 4.33. The van der Waals surface area contributed by atoms with Gasteiger partial charge < -0.3 is 15.1 Å². The Labute approximate surface area is 117 Å². The average Bonchev–Trinajstić information content (AvgIpc) is 2.81. The third-order valence-electron chi connectivity index (χ3n) is 3.02.